The lowest BCUT2D eigenvalue weighted by molar-refractivity contribution is 0.0584. The SMILES string of the molecule is Cc1ccc(Br)c(C(=O)COC(C)C)c1. The van der Waals surface area contributed by atoms with Gasteiger partial charge in [0.15, 0.2) is 5.78 Å². The molecule has 1 aromatic rings. The maximum Gasteiger partial charge on any atom is 0.189 e. The molecule has 0 amide bonds. The standard InChI is InChI=1S/C12H15BrO2/c1-8(2)15-7-12(14)10-6-9(3)4-5-11(10)13/h4-6,8H,7H2,1-3H3. The summed E-state index contributed by atoms with van der Waals surface area (Å²) in [4.78, 5) is 11.8. The number of hydrogen-bond donors (Lipinski definition) is 0. The van der Waals surface area contributed by atoms with Gasteiger partial charge in [-0.25, -0.2) is 0 Å². The molecule has 82 valence electrons. The van der Waals surface area contributed by atoms with E-state index in [1.807, 2.05) is 39.0 Å². The van der Waals surface area contributed by atoms with E-state index in [0.717, 1.165) is 10.0 Å². The topological polar surface area (TPSA) is 26.3 Å². The van der Waals surface area contributed by atoms with Crippen LogP contribution in [0.5, 0.6) is 0 Å². The zero-order valence-corrected chi connectivity index (χ0v) is 10.8. The van der Waals surface area contributed by atoms with E-state index < -0.39 is 0 Å². The van der Waals surface area contributed by atoms with Gasteiger partial charge in [0.25, 0.3) is 0 Å². The van der Waals surface area contributed by atoms with Gasteiger partial charge in [-0.05, 0) is 32.9 Å². The summed E-state index contributed by atoms with van der Waals surface area (Å²) in [7, 11) is 0. The quantitative estimate of drug-likeness (QED) is 0.785. The van der Waals surface area contributed by atoms with Crippen LogP contribution in [0, 0.1) is 6.92 Å². The lowest BCUT2D eigenvalue weighted by atomic mass is 10.1. The van der Waals surface area contributed by atoms with Gasteiger partial charge in [0, 0.05) is 10.0 Å². The molecule has 0 radical (unpaired) electrons. The van der Waals surface area contributed by atoms with E-state index in [-0.39, 0.29) is 18.5 Å². The Morgan fingerprint density at radius 1 is 1.47 bits per heavy atom. The number of carbonyl (C=O) groups is 1. The van der Waals surface area contributed by atoms with E-state index in [4.69, 9.17) is 4.74 Å². The smallest absolute Gasteiger partial charge is 0.189 e. The molecule has 0 spiro atoms. The Kier molecular flexibility index (Phi) is 4.48. The highest BCUT2D eigenvalue weighted by Crippen LogP contribution is 2.18. The monoisotopic (exact) mass is 270 g/mol. The van der Waals surface area contributed by atoms with Crippen molar-refractivity contribution in [1.82, 2.24) is 0 Å². The molecule has 0 unspecified atom stereocenters. The summed E-state index contributed by atoms with van der Waals surface area (Å²) in [5.74, 6) is 0.0132. The Balaban J connectivity index is 2.77. The van der Waals surface area contributed by atoms with Crippen LogP contribution in [0.1, 0.15) is 29.8 Å². The third-order valence-corrected chi connectivity index (χ3v) is 2.66. The van der Waals surface area contributed by atoms with E-state index in [9.17, 15) is 4.79 Å². The van der Waals surface area contributed by atoms with Gasteiger partial charge in [0.05, 0.1) is 6.10 Å². The lowest BCUT2D eigenvalue weighted by Crippen LogP contribution is -2.14. The van der Waals surface area contributed by atoms with E-state index in [0.29, 0.717) is 5.56 Å². The van der Waals surface area contributed by atoms with Crippen LogP contribution in [0.3, 0.4) is 0 Å². The number of benzene rings is 1. The molecule has 2 nitrogen and oxygen atoms in total. The number of halogens is 1. The van der Waals surface area contributed by atoms with Crippen LogP contribution in [0.25, 0.3) is 0 Å². The van der Waals surface area contributed by atoms with Crippen LogP contribution in [-0.4, -0.2) is 18.5 Å². The van der Waals surface area contributed by atoms with Crippen LogP contribution < -0.4 is 0 Å². The number of hydrogen-bond acceptors (Lipinski definition) is 2. The van der Waals surface area contributed by atoms with Crippen molar-refractivity contribution in [2.75, 3.05) is 6.61 Å². The lowest BCUT2D eigenvalue weighted by Gasteiger charge is -2.08. The minimum absolute atomic E-state index is 0.0132. The van der Waals surface area contributed by atoms with Gasteiger partial charge < -0.3 is 4.74 Å². The fraction of sp³-hybridized carbons (Fsp3) is 0.417. The van der Waals surface area contributed by atoms with Crippen molar-refractivity contribution in [3.05, 3.63) is 33.8 Å². The first-order valence-corrected chi connectivity index (χ1v) is 5.71. The first-order chi connectivity index (χ1) is 7.00. The van der Waals surface area contributed by atoms with Crippen molar-refractivity contribution >= 4 is 21.7 Å². The van der Waals surface area contributed by atoms with Crippen LogP contribution in [-0.2, 0) is 4.74 Å². The predicted octanol–water partition coefficient (Wildman–Crippen LogP) is 3.37. The van der Waals surface area contributed by atoms with Crippen LogP contribution in [0.15, 0.2) is 22.7 Å². The number of ether oxygens (including phenoxy) is 1. The molecule has 0 fully saturated rings. The molecule has 0 saturated carbocycles. The molecule has 0 aromatic heterocycles. The Bertz CT molecular complexity index is 359. The molecule has 1 aromatic carbocycles. The van der Waals surface area contributed by atoms with Crippen molar-refractivity contribution < 1.29 is 9.53 Å². The number of aryl methyl sites for hydroxylation is 1. The average molecular weight is 271 g/mol. The molecule has 0 atom stereocenters. The first kappa shape index (κ1) is 12.4. The fourth-order valence-corrected chi connectivity index (χ4v) is 1.64. The molecule has 15 heavy (non-hydrogen) atoms. The zero-order chi connectivity index (χ0) is 11.4. The van der Waals surface area contributed by atoms with E-state index in [1.165, 1.54) is 0 Å². The van der Waals surface area contributed by atoms with Gasteiger partial charge in [-0.2, -0.15) is 0 Å². The Hall–Kier alpha value is -0.670. The second kappa shape index (κ2) is 5.42. The number of carbonyl (C=O) groups excluding carboxylic acids is 1. The summed E-state index contributed by atoms with van der Waals surface area (Å²) in [5.41, 5.74) is 1.77. The highest BCUT2D eigenvalue weighted by atomic mass is 79.9. The maximum absolute atomic E-state index is 11.8. The van der Waals surface area contributed by atoms with E-state index >= 15 is 0 Å². The predicted molar refractivity (Wildman–Crippen MR) is 64.3 cm³/mol. The molecule has 0 aliphatic rings. The minimum Gasteiger partial charge on any atom is -0.371 e. The van der Waals surface area contributed by atoms with Gasteiger partial charge in [0.2, 0.25) is 0 Å². The third-order valence-electron chi connectivity index (χ3n) is 1.97. The number of ketones is 1. The highest BCUT2D eigenvalue weighted by molar-refractivity contribution is 9.10. The molecule has 0 aliphatic heterocycles. The number of Topliss-reactive ketones (excluding diaryl/α,β-unsaturated/α-hetero) is 1. The third kappa shape index (κ3) is 3.76. The van der Waals surface area contributed by atoms with Crippen molar-refractivity contribution in [2.24, 2.45) is 0 Å². The average Bonchev–Trinajstić information content (AvgIpc) is 2.18. The van der Waals surface area contributed by atoms with Crippen LogP contribution in [0.4, 0.5) is 0 Å². The summed E-state index contributed by atoms with van der Waals surface area (Å²) in [6, 6.07) is 5.72. The normalized spacial score (nSPS) is 10.7. The Morgan fingerprint density at radius 2 is 2.13 bits per heavy atom. The summed E-state index contributed by atoms with van der Waals surface area (Å²) >= 11 is 3.36. The summed E-state index contributed by atoms with van der Waals surface area (Å²) in [6.45, 7) is 5.93. The van der Waals surface area contributed by atoms with Gasteiger partial charge in [-0.3, -0.25) is 4.79 Å². The Labute approximate surface area is 98.8 Å². The zero-order valence-electron chi connectivity index (χ0n) is 9.21. The molecular weight excluding hydrogens is 256 g/mol. The van der Waals surface area contributed by atoms with Crippen molar-refractivity contribution in [3.8, 4) is 0 Å². The van der Waals surface area contributed by atoms with Gasteiger partial charge in [-0.1, -0.05) is 27.6 Å². The molecule has 0 saturated heterocycles. The number of rotatable bonds is 4. The molecule has 0 N–H and O–H groups in total. The van der Waals surface area contributed by atoms with Gasteiger partial charge in [-0.15, -0.1) is 0 Å². The Morgan fingerprint density at radius 3 is 2.73 bits per heavy atom. The molecule has 0 heterocycles. The van der Waals surface area contributed by atoms with E-state index in [2.05, 4.69) is 15.9 Å². The van der Waals surface area contributed by atoms with Crippen molar-refractivity contribution in [3.63, 3.8) is 0 Å². The van der Waals surface area contributed by atoms with E-state index in [1.54, 1.807) is 0 Å². The minimum atomic E-state index is 0.0132. The highest BCUT2D eigenvalue weighted by Gasteiger charge is 2.10. The van der Waals surface area contributed by atoms with Crippen LogP contribution in [0.2, 0.25) is 0 Å². The second-order valence-electron chi connectivity index (χ2n) is 3.77. The maximum atomic E-state index is 11.8. The molecule has 0 aliphatic carbocycles. The van der Waals surface area contributed by atoms with Crippen molar-refractivity contribution in [1.29, 1.82) is 0 Å². The molecule has 1 rings (SSSR count). The summed E-state index contributed by atoms with van der Waals surface area (Å²) in [5, 5.41) is 0. The molecular formula is C12H15BrO2. The summed E-state index contributed by atoms with van der Waals surface area (Å²) in [6.07, 6.45) is 0.0811. The molecule has 3 heteroatoms. The fourth-order valence-electron chi connectivity index (χ4n) is 1.17. The molecule has 0 bridgehead atoms. The first-order valence-electron chi connectivity index (χ1n) is 4.91. The summed E-state index contributed by atoms with van der Waals surface area (Å²) < 4.78 is 6.11. The van der Waals surface area contributed by atoms with Crippen molar-refractivity contribution in [2.45, 2.75) is 26.9 Å². The largest absolute Gasteiger partial charge is 0.371 e. The van der Waals surface area contributed by atoms with Gasteiger partial charge >= 0.3 is 0 Å². The van der Waals surface area contributed by atoms with Gasteiger partial charge in [0.1, 0.15) is 6.61 Å². The second-order valence-corrected chi connectivity index (χ2v) is 4.62. The van der Waals surface area contributed by atoms with Crippen LogP contribution >= 0.6 is 15.9 Å².